The van der Waals surface area contributed by atoms with Crippen LogP contribution in [-0.4, -0.2) is 21.0 Å². The third-order valence-corrected chi connectivity index (χ3v) is 4.86. The lowest BCUT2D eigenvalue weighted by molar-refractivity contribution is -0.384. The van der Waals surface area contributed by atoms with E-state index in [0.717, 1.165) is 16.7 Å². The van der Waals surface area contributed by atoms with Gasteiger partial charge in [0.2, 0.25) is 0 Å². The maximum absolute atomic E-state index is 13.0. The van der Waals surface area contributed by atoms with Crippen molar-refractivity contribution in [3.8, 4) is 0 Å². The van der Waals surface area contributed by atoms with Gasteiger partial charge < -0.3 is 0 Å². The van der Waals surface area contributed by atoms with E-state index in [1.807, 2.05) is 0 Å². The molecule has 0 aliphatic carbocycles. The number of nitro groups is 1. The van der Waals surface area contributed by atoms with Gasteiger partial charge >= 0.3 is 0 Å². The van der Waals surface area contributed by atoms with Crippen LogP contribution in [0, 0.1) is 15.9 Å². The molecule has 6 nitrogen and oxygen atoms in total. The summed E-state index contributed by atoms with van der Waals surface area (Å²) >= 11 is 6.74. The smallest absolute Gasteiger partial charge is 0.268 e. The lowest BCUT2D eigenvalue weighted by atomic mass is 10.1. The van der Waals surface area contributed by atoms with Crippen molar-refractivity contribution in [1.82, 2.24) is 4.90 Å². The average molecular weight is 393 g/mol. The number of nitro benzene ring substituents is 1. The average Bonchev–Trinajstić information content (AvgIpc) is 2.86. The first-order valence-corrected chi connectivity index (χ1v) is 8.48. The normalized spacial score (nSPS) is 15.8. The molecule has 1 fully saturated rings. The van der Waals surface area contributed by atoms with Gasteiger partial charge in [0.1, 0.15) is 5.82 Å². The molecule has 3 rings (SSSR count). The quantitative estimate of drug-likeness (QED) is 0.430. The van der Waals surface area contributed by atoms with Gasteiger partial charge in [0.05, 0.1) is 16.4 Å². The molecule has 0 N–H and O–H groups in total. The fourth-order valence-corrected chi connectivity index (χ4v) is 3.31. The summed E-state index contributed by atoms with van der Waals surface area (Å²) in [6.45, 7) is 0.00492. The van der Waals surface area contributed by atoms with E-state index in [4.69, 9.17) is 11.6 Å². The van der Waals surface area contributed by atoms with Crippen LogP contribution >= 0.6 is 23.4 Å². The molecule has 2 amide bonds. The van der Waals surface area contributed by atoms with E-state index >= 15 is 0 Å². The van der Waals surface area contributed by atoms with Crippen LogP contribution in [0.1, 0.15) is 11.1 Å². The third-order valence-electron chi connectivity index (χ3n) is 3.60. The van der Waals surface area contributed by atoms with Crippen molar-refractivity contribution in [3.05, 3.63) is 79.5 Å². The molecule has 9 heteroatoms. The van der Waals surface area contributed by atoms with Gasteiger partial charge in [-0.1, -0.05) is 23.7 Å². The van der Waals surface area contributed by atoms with E-state index in [2.05, 4.69) is 0 Å². The van der Waals surface area contributed by atoms with E-state index in [-0.39, 0.29) is 27.7 Å². The highest BCUT2D eigenvalue weighted by molar-refractivity contribution is 8.18. The Morgan fingerprint density at radius 1 is 1.19 bits per heavy atom. The number of carbonyl (C=O) groups excluding carboxylic acids is 2. The Morgan fingerprint density at radius 2 is 1.88 bits per heavy atom. The van der Waals surface area contributed by atoms with Crippen molar-refractivity contribution in [3.63, 3.8) is 0 Å². The van der Waals surface area contributed by atoms with Crippen LogP contribution in [0.25, 0.3) is 6.08 Å². The summed E-state index contributed by atoms with van der Waals surface area (Å²) in [5, 5.41) is 10.6. The minimum Gasteiger partial charge on any atom is -0.268 e. The minimum absolute atomic E-state index is 0.00492. The number of rotatable bonds is 4. The second-order valence-corrected chi connectivity index (χ2v) is 6.76. The summed E-state index contributed by atoms with van der Waals surface area (Å²) in [6, 6.07) is 9.30. The van der Waals surface area contributed by atoms with Crippen LogP contribution in [0.4, 0.5) is 14.9 Å². The minimum atomic E-state index is -0.575. The van der Waals surface area contributed by atoms with Crippen LogP contribution in [0.15, 0.2) is 47.4 Å². The molecular weight excluding hydrogens is 383 g/mol. The molecule has 1 saturated heterocycles. The maximum Gasteiger partial charge on any atom is 0.293 e. The van der Waals surface area contributed by atoms with Crippen LogP contribution in [-0.2, 0) is 11.3 Å². The van der Waals surface area contributed by atoms with Crippen molar-refractivity contribution in [2.75, 3.05) is 0 Å². The fourth-order valence-electron chi connectivity index (χ4n) is 2.31. The van der Waals surface area contributed by atoms with Crippen molar-refractivity contribution >= 4 is 46.3 Å². The molecule has 0 atom stereocenters. The second-order valence-electron chi connectivity index (χ2n) is 5.36. The summed E-state index contributed by atoms with van der Waals surface area (Å²) in [5.41, 5.74) is 0.697. The SMILES string of the molecule is O=C1S/C(=C\c2cc([N+](=O)[O-])ccc2Cl)C(=O)N1Cc1ccc(F)cc1. The number of nitrogens with zero attached hydrogens (tertiary/aromatic N) is 2. The Kier molecular flexibility index (Phi) is 5.06. The third kappa shape index (κ3) is 3.76. The topological polar surface area (TPSA) is 80.5 Å². The molecule has 1 heterocycles. The Morgan fingerprint density at radius 3 is 2.54 bits per heavy atom. The van der Waals surface area contributed by atoms with Gasteiger partial charge in [0.25, 0.3) is 16.8 Å². The van der Waals surface area contributed by atoms with E-state index in [0.29, 0.717) is 5.56 Å². The molecule has 2 aromatic carbocycles. The summed E-state index contributed by atoms with van der Waals surface area (Å²) < 4.78 is 13.0. The van der Waals surface area contributed by atoms with Gasteiger partial charge in [0, 0.05) is 22.7 Å². The second kappa shape index (κ2) is 7.27. The number of halogens is 2. The van der Waals surface area contributed by atoms with Gasteiger partial charge in [-0.05, 0) is 41.6 Å². The number of thioether (sulfide) groups is 1. The Bertz CT molecular complexity index is 946. The number of imide groups is 1. The largest absolute Gasteiger partial charge is 0.293 e. The van der Waals surface area contributed by atoms with Crippen LogP contribution in [0.3, 0.4) is 0 Å². The van der Waals surface area contributed by atoms with Crippen LogP contribution in [0.5, 0.6) is 0 Å². The monoisotopic (exact) mass is 392 g/mol. The zero-order valence-electron chi connectivity index (χ0n) is 13.0. The number of non-ortho nitro benzene ring substituents is 1. The molecule has 1 aliphatic rings. The Balaban J connectivity index is 1.86. The first-order valence-electron chi connectivity index (χ1n) is 7.29. The van der Waals surface area contributed by atoms with Gasteiger partial charge in [-0.3, -0.25) is 24.6 Å². The molecule has 1 aliphatic heterocycles. The Labute approximate surface area is 156 Å². The highest BCUT2D eigenvalue weighted by Gasteiger charge is 2.35. The van der Waals surface area contributed by atoms with Crippen molar-refractivity contribution in [1.29, 1.82) is 0 Å². The summed E-state index contributed by atoms with van der Waals surface area (Å²) in [4.78, 5) is 36.1. The highest BCUT2D eigenvalue weighted by Crippen LogP contribution is 2.35. The molecule has 0 aromatic heterocycles. The zero-order valence-corrected chi connectivity index (χ0v) is 14.6. The van der Waals surface area contributed by atoms with E-state index in [1.165, 1.54) is 48.5 Å². The molecule has 0 radical (unpaired) electrons. The lowest BCUT2D eigenvalue weighted by Crippen LogP contribution is -2.27. The molecule has 26 heavy (non-hydrogen) atoms. The molecule has 0 saturated carbocycles. The summed E-state index contributed by atoms with van der Waals surface area (Å²) in [6.07, 6.45) is 1.35. The highest BCUT2D eigenvalue weighted by atomic mass is 35.5. The fraction of sp³-hybridized carbons (Fsp3) is 0.0588. The maximum atomic E-state index is 13.0. The number of benzene rings is 2. The van der Waals surface area contributed by atoms with Gasteiger partial charge in [-0.25, -0.2) is 4.39 Å². The lowest BCUT2D eigenvalue weighted by Gasteiger charge is -2.12. The molecule has 0 bridgehead atoms. The molecule has 2 aromatic rings. The van der Waals surface area contributed by atoms with Crippen LogP contribution in [0.2, 0.25) is 5.02 Å². The van der Waals surface area contributed by atoms with Gasteiger partial charge in [-0.2, -0.15) is 0 Å². The van der Waals surface area contributed by atoms with Crippen molar-refractivity contribution < 1.29 is 18.9 Å². The van der Waals surface area contributed by atoms with E-state index in [1.54, 1.807) is 0 Å². The molecule has 132 valence electrons. The Hall–Kier alpha value is -2.71. The zero-order chi connectivity index (χ0) is 18.8. The number of hydrogen-bond donors (Lipinski definition) is 0. The predicted octanol–water partition coefficient (Wildman–Crippen LogP) is 4.62. The summed E-state index contributed by atoms with van der Waals surface area (Å²) in [5.74, 6) is -0.949. The van der Waals surface area contributed by atoms with Gasteiger partial charge in [0.15, 0.2) is 0 Å². The predicted molar refractivity (Wildman–Crippen MR) is 96.0 cm³/mol. The van der Waals surface area contributed by atoms with E-state index < -0.39 is 21.9 Å². The standard InChI is InChI=1S/C17H10ClFN2O4S/c18-14-6-5-13(21(24)25)7-11(14)8-15-16(22)20(17(23)26-15)9-10-1-3-12(19)4-2-10/h1-8H,9H2/b15-8-. The van der Waals surface area contributed by atoms with Gasteiger partial charge in [-0.15, -0.1) is 0 Å². The van der Waals surface area contributed by atoms with Crippen molar-refractivity contribution in [2.45, 2.75) is 6.54 Å². The first kappa shape index (κ1) is 18.1. The summed E-state index contributed by atoms with van der Waals surface area (Å²) in [7, 11) is 0. The molecule has 0 unspecified atom stereocenters. The number of hydrogen-bond acceptors (Lipinski definition) is 5. The number of carbonyl (C=O) groups is 2. The molecule has 0 spiro atoms. The number of amides is 2. The van der Waals surface area contributed by atoms with Crippen molar-refractivity contribution in [2.24, 2.45) is 0 Å². The first-order chi connectivity index (χ1) is 12.3. The van der Waals surface area contributed by atoms with E-state index in [9.17, 15) is 24.1 Å². The van der Waals surface area contributed by atoms with Crippen LogP contribution < -0.4 is 0 Å². The molecular formula is C17H10ClFN2O4S.